The van der Waals surface area contributed by atoms with E-state index in [0.29, 0.717) is 0 Å². The Hall–Kier alpha value is -0.530. The summed E-state index contributed by atoms with van der Waals surface area (Å²) in [5.41, 5.74) is -0.444. The van der Waals surface area contributed by atoms with E-state index in [1.54, 1.807) is 0 Å². The summed E-state index contributed by atoms with van der Waals surface area (Å²) in [5, 5.41) is 9.49. The van der Waals surface area contributed by atoms with Crippen molar-refractivity contribution in [2.75, 3.05) is 0 Å². The van der Waals surface area contributed by atoms with Crippen LogP contribution in [0.15, 0.2) is 0 Å². The Morgan fingerprint density at radius 1 is 0.833 bits per heavy atom. The van der Waals surface area contributed by atoms with Crippen molar-refractivity contribution in [1.82, 2.24) is 0 Å². The van der Waals surface area contributed by atoms with Gasteiger partial charge in [-0.25, -0.2) is 0 Å². The smallest absolute Gasteiger partial charge is 0.309 e. The first-order valence-corrected chi connectivity index (χ1v) is 7.86. The number of carboxylic acid groups (broad SMARTS) is 1. The minimum atomic E-state index is -0.577. The van der Waals surface area contributed by atoms with Crippen molar-refractivity contribution in [1.29, 1.82) is 0 Å². The molecule has 0 aliphatic heterocycles. The maximum Gasteiger partial charge on any atom is 0.309 e. The first-order chi connectivity index (χ1) is 8.63. The highest BCUT2D eigenvalue weighted by atomic mass is 16.4. The predicted octanol–water partition coefficient (Wildman–Crippen LogP) is 5.41. The molecule has 0 aromatic heterocycles. The summed E-state index contributed by atoms with van der Waals surface area (Å²) in [5.74, 6) is -0.577. The van der Waals surface area contributed by atoms with Gasteiger partial charge in [0.2, 0.25) is 0 Å². The SMILES string of the molecule is CCCCCCCCC(CC)(CCCC)C(=O)O. The molecule has 0 bridgehead atoms. The summed E-state index contributed by atoms with van der Waals surface area (Å²) in [6.45, 7) is 6.38. The zero-order chi connectivity index (χ0) is 13.9. The Kier molecular flexibility index (Phi) is 10.1. The van der Waals surface area contributed by atoms with Crippen molar-refractivity contribution in [3.8, 4) is 0 Å². The molecule has 0 aromatic carbocycles. The molecular weight excluding hydrogens is 224 g/mol. The summed E-state index contributed by atoms with van der Waals surface area (Å²) < 4.78 is 0. The Bertz CT molecular complexity index is 213. The van der Waals surface area contributed by atoms with Crippen LogP contribution in [-0.4, -0.2) is 11.1 Å². The molecule has 0 saturated carbocycles. The summed E-state index contributed by atoms with van der Waals surface area (Å²) in [6, 6.07) is 0. The van der Waals surface area contributed by atoms with E-state index in [-0.39, 0.29) is 0 Å². The van der Waals surface area contributed by atoms with E-state index in [1.807, 2.05) is 6.92 Å². The van der Waals surface area contributed by atoms with Gasteiger partial charge in [0.05, 0.1) is 5.41 Å². The number of unbranched alkanes of at least 4 members (excludes halogenated alkanes) is 6. The summed E-state index contributed by atoms with van der Waals surface area (Å²) in [6.07, 6.45) is 12.0. The molecule has 0 aliphatic rings. The van der Waals surface area contributed by atoms with Crippen LogP contribution in [0.2, 0.25) is 0 Å². The first kappa shape index (κ1) is 17.5. The standard InChI is InChI=1S/C16H32O2/c1-4-7-9-10-11-12-14-16(6-3,15(17)18)13-8-5-2/h4-14H2,1-3H3,(H,17,18). The zero-order valence-electron chi connectivity index (χ0n) is 12.6. The predicted molar refractivity (Wildman–Crippen MR) is 77.9 cm³/mol. The molecule has 2 nitrogen and oxygen atoms in total. The third-order valence-electron chi connectivity index (χ3n) is 4.15. The van der Waals surface area contributed by atoms with Crippen LogP contribution in [0.5, 0.6) is 0 Å². The monoisotopic (exact) mass is 256 g/mol. The van der Waals surface area contributed by atoms with Crippen LogP contribution in [0.3, 0.4) is 0 Å². The largest absolute Gasteiger partial charge is 0.481 e. The molecule has 0 spiro atoms. The Labute approximate surface area is 113 Å². The van der Waals surface area contributed by atoms with Crippen molar-refractivity contribution < 1.29 is 9.90 Å². The van der Waals surface area contributed by atoms with Crippen molar-refractivity contribution in [2.24, 2.45) is 5.41 Å². The van der Waals surface area contributed by atoms with Gasteiger partial charge in [-0.3, -0.25) is 4.79 Å². The fourth-order valence-electron chi connectivity index (χ4n) is 2.60. The van der Waals surface area contributed by atoms with Crippen LogP contribution in [0.1, 0.15) is 91.4 Å². The van der Waals surface area contributed by atoms with Crippen LogP contribution in [0, 0.1) is 5.41 Å². The van der Waals surface area contributed by atoms with Gasteiger partial charge in [0.25, 0.3) is 0 Å². The highest BCUT2D eigenvalue weighted by Gasteiger charge is 2.34. The Balaban J connectivity index is 4.04. The number of hydrogen-bond acceptors (Lipinski definition) is 1. The number of carbonyl (C=O) groups is 1. The van der Waals surface area contributed by atoms with Gasteiger partial charge in [-0.05, 0) is 19.3 Å². The van der Waals surface area contributed by atoms with Crippen LogP contribution in [-0.2, 0) is 4.79 Å². The summed E-state index contributed by atoms with van der Waals surface area (Å²) in [4.78, 5) is 11.5. The molecule has 0 aliphatic carbocycles. The molecule has 0 saturated heterocycles. The average Bonchev–Trinajstić information content (AvgIpc) is 2.37. The van der Waals surface area contributed by atoms with Crippen LogP contribution < -0.4 is 0 Å². The third-order valence-corrected chi connectivity index (χ3v) is 4.15. The minimum Gasteiger partial charge on any atom is -0.481 e. The summed E-state index contributed by atoms with van der Waals surface area (Å²) in [7, 11) is 0. The molecule has 0 heterocycles. The normalized spacial score (nSPS) is 14.4. The van der Waals surface area contributed by atoms with Gasteiger partial charge < -0.3 is 5.11 Å². The van der Waals surface area contributed by atoms with E-state index in [9.17, 15) is 9.90 Å². The van der Waals surface area contributed by atoms with E-state index >= 15 is 0 Å². The Morgan fingerprint density at radius 3 is 1.83 bits per heavy atom. The lowest BCUT2D eigenvalue weighted by Crippen LogP contribution is -2.30. The average molecular weight is 256 g/mol. The highest BCUT2D eigenvalue weighted by Crippen LogP contribution is 2.35. The van der Waals surface area contributed by atoms with E-state index in [0.717, 1.165) is 38.5 Å². The highest BCUT2D eigenvalue weighted by molar-refractivity contribution is 5.74. The Morgan fingerprint density at radius 2 is 1.33 bits per heavy atom. The molecule has 18 heavy (non-hydrogen) atoms. The molecule has 2 heteroatoms. The second-order valence-electron chi connectivity index (χ2n) is 5.56. The van der Waals surface area contributed by atoms with Crippen LogP contribution >= 0.6 is 0 Å². The maximum absolute atomic E-state index is 11.5. The zero-order valence-corrected chi connectivity index (χ0v) is 12.6. The molecule has 0 rings (SSSR count). The van der Waals surface area contributed by atoms with Gasteiger partial charge >= 0.3 is 5.97 Å². The fourth-order valence-corrected chi connectivity index (χ4v) is 2.60. The van der Waals surface area contributed by atoms with E-state index in [2.05, 4.69) is 13.8 Å². The molecule has 1 N–H and O–H groups in total. The molecule has 0 aromatic rings. The second kappa shape index (κ2) is 10.4. The quantitative estimate of drug-likeness (QED) is 0.474. The number of rotatable bonds is 12. The van der Waals surface area contributed by atoms with Gasteiger partial charge in [-0.2, -0.15) is 0 Å². The van der Waals surface area contributed by atoms with E-state index in [1.165, 1.54) is 32.1 Å². The van der Waals surface area contributed by atoms with Gasteiger partial charge in [-0.15, -0.1) is 0 Å². The minimum absolute atomic E-state index is 0.444. The van der Waals surface area contributed by atoms with Gasteiger partial charge in [0.15, 0.2) is 0 Å². The molecule has 1 unspecified atom stereocenters. The second-order valence-corrected chi connectivity index (χ2v) is 5.56. The summed E-state index contributed by atoms with van der Waals surface area (Å²) >= 11 is 0. The lowest BCUT2D eigenvalue weighted by molar-refractivity contribution is -0.150. The van der Waals surface area contributed by atoms with Crippen molar-refractivity contribution >= 4 is 5.97 Å². The number of hydrogen-bond donors (Lipinski definition) is 1. The number of aliphatic carboxylic acids is 1. The van der Waals surface area contributed by atoms with E-state index < -0.39 is 11.4 Å². The maximum atomic E-state index is 11.5. The molecule has 0 fully saturated rings. The lowest BCUT2D eigenvalue weighted by atomic mass is 9.76. The lowest BCUT2D eigenvalue weighted by Gasteiger charge is -2.28. The van der Waals surface area contributed by atoms with Gasteiger partial charge in [0.1, 0.15) is 0 Å². The van der Waals surface area contributed by atoms with Crippen LogP contribution in [0.4, 0.5) is 0 Å². The van der Waals surface area contributed by atoms with E-state index in [4.69, 9.17) is 0 Å². The number of carboxylic acids is 1. The van der Waals surface area contributed by atoms with Crippen molar-refractivity contribution in [3.05, 3.63) is 0 Å². The fraction of sp³-hybridized carbons (Fsp3) is 0.938. The molecule has 108 valence electrons. The molecule has 0 radical (unpaired) electrons. The molecule has 0 amide bonds. The molecule has 1 atom stereocenters. The molecular formula is C16H32O2. The first-order valence-electron chi connectivity index (χ1n) is 7.86. The van der Waals surface area contributed by atoms with Gasteiger partial charge in [-0.1, -0.05) is 72.1 Å². The van der Waals surface area contributed by atoms with Crippen molar-refractivity contribution in [3.63, 3.8) is 0 Å². The van der Waals surface area contributed by atoms with Gasteiger partial charge in [0, 0.05) is 0 Å². The topological polar surface area (TPSA) is 37.3 Å². The van der Waals surface area contributed by atoms with Crippen molar-refractivity contribution in [2.45, 2.75) is 91.4 Å². The third kappa shape index (κ3) is 6.42. The van der Waals surface area contributed by atoms with Crippen LogP contribution in [0.25, 0.3) is 0 Å².